The van der Waals surface area contributed by atoms with E-state index in [1.807, 2.05) is 55.7 Å². The first kappa shape index (κ1) is 21.1. The molecule has 1 amide bonds. The van der Waals surface area contributed by atoms with Crippen molar-refractivity contribution in [2.45, 2.75) is 62.9 Å². The lowest BCUT2D eigenvalue weighted by Crippen LogP contribution is -2.34. The molecule has 1 atom stereocenters. The van der Waals surface area contributed by atoms with Gasteiger partial charge in [-0.2, -0.15) is 0 Å². The highest BCUT2D eigenvalue weighted by Gasteiger charge is 2.28. The fourth-order valence-electron chi connectivity index (χ4n) is 4.12. The molecule has 0 radical (unpaired) electrons. The lowest BCUT2D eigenvalue weighted by Gasteiger charge is -2.23. The van der Waals surface area contributed by atoms with E-state index in [0.29, 0.717) is 5.16 Å². The van der Waals surface area contributed by atoms with Gasteiger partial charge in [-0.25, -0.2) is 4.98 Å². The number of carbonyl (C=O) groups excluding carboxylic acids is 1. The van der Waals surface area contributed by atoms with Crippen molar-refractivity contribution in [1.82, 2.24) is 9.55 Å². The number of benzene rings is 1. The highest BCUT2D eigenvalue weighted by atomic mass is 32.2. The molecule has 1 aliphatic rings. The van der Waals surface area contributed by atoms with Crippen molar-refractivity contribution in [2.24, 2.45) is 0 Å². The number of aryl methyl sites for hydroxylation is 2. The molecule has 2 heterocycles. The molecule has 0 spiro atoms. The molecular formula is C23H27N3O2S2. The lowest BCUT2D eigenvalue weighted by atomic mass is 10.2. The Labute approximate surface area is 185 Å². The van der Waals surface area contributed by atoms with E-state index in [1.54, 1.807) is 23.3 Å². The predicted molar refractivity (Wildman–Crippen MR) is 126 cm³/mol. The van der Waals surface area contributed by atoms with E-state index in [0.717, 1.165) is 52.0 Å². The number of rotatable bonds is 5. The van der Waals surface area contributed by atoms with E-state index in [2.05, 4.69) is 0 Å². The standard InChI is InChI=1S/C23H27N3O2S2/c1-14-15(2)29-20-19(14)22(28)26(18-12-8-9-13-18)23(24-20)30-16(3)21(27)25(4)17-10-6-5-7-11-17/h5-7,10-11,16,18H,8-9,12-13H2,1-4H3. The van der Waals surface area contributed by atoms with E-state index in [-0.39, 0.29) is 22.8 Å². The van der Waals surface area contributed by atoms with Crippen LogP contribution in [0, 0.1) is 13.8 Å². The average Bonchev–Trinajstić information content (AvgIpc) is 3.36. The number of nitrogens with zero attached hydrogens (tertiary/aromatic N) is 3. The topological polar surface area (TPSA) is 55.2 Å². The van der Waals surface area contributed by atoms with Crippen LogP contribution in [0.2, 0.25) is 0 Å². The van der Waals surface area contributed by atoms with Crippen molar-refractivity contribution in [2.75, 3.05) is 11.9 Å². The summed E-state index contributed by atoms with van der Waals surface area (Å²) in [5, 5.41) is 1.06. The molecule has 4 rings (SSSR count). The minimum atomic E-state index is -0.352. The second-order valence-corrected chi connectivity index (χ2v) is 10.5. The van der Waals surface area contributed by atoms with Gasteiger partial charge in [0.25, 0.3) is 5.56 Å². The predicted octanol–water partition coefficient (Wildman–Crippen LogP) is 5.33. The molecule has 1 aromatic carbocycles. The minimum absolute atomic E-state index is 0.00272. The first-order chi connectivity index (χ1) is 14.4. The third kappa shape index (κ3) is 3.81. The van der Waals surface area contributed by atoms with Gasteiger partial charge in [0.15, 0.2) is 5.16 Å². The maximum atomic E-state index is 13.5. The van der Waals surface area contributed by atoms with Crippen LogP contribution in [0.1, 0.15) is 49.1 Å². The van der Waals surface area contributed by atoms with Gasteiger partial charge in [0.1, 0.15) is 4.83 Å². The molecule has 5 nitrogen and oxygen atoms in total. The van der Waals surface area contributed by atoms with Gasteiger partial charge in [-0.15, -0.1) is 11.3 Å². The molecular weight excluding hydrogens is 414 g/mol. The molecule has 1 fully saturated rings. The summed E-state index contributed by atoms with van der Waals surface area (Å²) in [4.78, 5) is 35.1. The SMILES string of the molecule is Cc1sc2nc(SC(C)C(=O)N(C)c3ccccc3)n(C3CCCC3)c(=O)c2c1C. The number of fused-ring (bicyclic) bond motifs is 1. The summed E-state index contributed by atoms with van der Waals surface area (Å²) in [5.41, 5.74) is 1.94. The maximum Gasteiger partial charge on any atom is 0.263 e. The first-order valence-corrected chi connectivity index (χ1v) is 12.1. The zero-order valence-electron chi connectivity index (χ0n) is 17.8. The normalized spacial score (nSPS) is 15.6. The van der Waals surface area contributed by atoms with E-state index in [1.165, 1.54) is 11.8 Å². The van der Waals surface area contributed by atoms with Crippen molar-refractivity contribution < 1.29 is 4.79 Å². The number of anilines is 1. The molecule has 3 aromatic rings. The number of thioether (sulfide) groups is 1. The van der Waals surface area contributed by atoms with E-state index < -0.39 is 0 Å². The third-order valence-electron chi connectivity index (χ3n) is 6.00. The Kier molecular flexibility index (Phi) is 6.02. The number of hydrogen-bond acceptors (Lipinski definition) is 5. The zero-order chi connectivity index (χ0) is 21.4. The number of thiophene rings is 1. The van der Waals surface area contributed by atoms with Gasteiger partial charge < -0.3 is 4.90 Å². The van der Waals surface area contributed by atoms with Crippen molar-refractivity contribution in [3.05, 3.63) is 51.1 Å². The molecule has 158 valence electrons. The Morgan fingerprint density at radius 2 is 1.90 bits per heavy atom. The number of aromatic nitrogens is 2. The van der Waals surface area contributed by atoms with Crippen LogP contribution in [0.15, 0.2) is 40.3 Å². The van der Waals surface area contributed by atoms with E-state index >= 15 is 0 Å². The summed E-state index contributed by atoms with van der Waals surface area (Å²) in [7, 11) is 1.79. The molecule has 2 aromatic heterocycles. The van der Waals surface area contributed by atoms with Crippen LogP contribution in [-0.2, 0) is 4.79 Å². The quantitative estimate of drug-likeness (QED) is 0.396. The first-order valence-electron chi connectivity index (χ1n) is 10.4. The van der Waals surface area contributed by atoms with Crippen LogP contribution in [0.4, 0.5) is 5.69 Å². The Morgan fingerprint density at radius 3 is 2.57 bits per heavy atom. The Morgan fingerprint density at radius 1 is 1.23 bits per heavy atom. The van der Waals surface area contributed by atoms with E-state index in [4.69, 9.17) is 4.98 Å². The fraction of sp³-hybridized carbons (Fsp3) is 0.435. The van der Waals surface area contributed by atoms with Gasteiger partial charge >= 0.3 is 0 Å². The van der Waals surface area contributed by atoms with Crippen LogP contribution in [0.25, 0.3) is 10.2 Å². The summed E-state index contributed by atoms with van der Waals surface area (Å²) in [6.07, 6.45) is 4.25. The van der Waals surface area contributed by atoms with Gasteiger partial charge in [-0.05, 0) is 51.3 Å². The summed E-state index contributed by atoms with van der Waals surface area (Å²) in [5.74, 6) is -0.00272. The summed E-state index contributed by atoms with van der Waals surface area (Å²) in [6.45, 7) is 5.94. The lowest BCUT2D eigenvalue weighted by molar-refractivity contribution is -0.117. The second kappa shape index (κ2) is 8.55. The molecule has 7 heteroatoms. The van der Waals surface area contributed by atoms with Gasteiger partial charge in [0, 0.05) is 23.7 Å². The molecule has 0 N–H and O–H groups in total. The monoisotopic (exact) mass is 441 g/mol. The summed E-state index contributed by atoms with van der Waals surface area (Å²) >= 11 is 2.96. The van der Waals surface area contributed by atoms with Gasteiger partial charge in [-0.3, -0.25) is 14.2 Å². The fourth-order valence-corrected chi connectivity index (χ4v) is 6.26. The number of hydrogen-bond donors (Lipinski definition) is 0. The number of carbonyl (C=O) groups is 1. The molecule has 1 saturated carbocycles. The minimum Gasteiger partial charge on any atom is -0.315 e. The smallest absolute Gasteiger partial charge is 0.263 e. The molecule has 1 aliphatic carbocycles. The van der Waals surface area contributed by atoms with Gasteiger partial charge in [-0.1, -0.05) is 42.8 Å². The highest BCUT2D eigenvalue weighted by Crippen LogP contribution is 2.36. The summed E-state index contributed by atoms with van der Waals surface area (Å²) in [6, 6.07) is 9.80. The Bertz CT molecular complexity index is 1130. The van der Waals surface area contributed by atoms with Crippen molar-refractivity contribution in [1.29, 1.82) is 0 Å². The molecule has 1 unspecified atom stereocenters. The number of amides is 1. The average molecular weight is 442 g/mol. The second-order valence-electron chi connectivity index (χ2n) is 7.96. The Balaban J connectivity index is 1.71. The maximum absolute atomic E-state index is 13.5. The van der Waals surface area contributed by atoms with Crippen LogP contribution in [0.5, 0.6) is 0 Å². The highest BCUT2D eigenvalue weighted by molar-refractivity contribution is 8.00. The van der Waals surface area contributed by atoms with Crippen LogP contribution >= 0.6 is 23.1 Å². The van der Waals surface area contributed by atoms with Crippen molar-refractivity contribution in [3.8, 4) is 0 Å². The molecule has 30 heavy (non-hydrogen) atoms. The number of para-hydroxylation sites is 1. The third-order valence-corrected chi connectivity index (χ3v) is 8.15. The zero-order valence-corrected chi connectivity index (χ0v) is 19.5. The van der Waals surface area contributed by atoms with Crippen LogP contribution in [0.3, 0.4) is 0 Å². The largest absolute Gasteiger partial charge is 0.315 e. The van der Waals surface area contributed by atoms with Crippen LogP contribution in [-0.4, -0.2) is 27.8 Å². The van der Waals surface area contributed by atoms with Crippen molar-refractivity contribution >= 4 is 44.9 Å². The molecule has 0 bridgehead atoms. The molecule has 0 saturated heterocycles. The molecule has 0 aliphatic heterocycles. The van der Waals surface area contributed by atoms with Gasteiger partial charge in [0.2, 0.25) is 5.91 Å². The Hall–Kier alpha value is -2.12. The van der Waals surface area contributed by atoms with E-state index in [9.17, 15) is 9.59 Å². The summed E-state index contributed by atoms with van der Waals surface area (Å²) < 4.78 is 1.88. The van der Waals surface area contributed by atoms with Gasteiger partial charge in [0.05, 0.1) is 10.6 Å². The van der Waals surface area contributed by atoms with Crippen molar-refractivity contribution in [3.63, 3.8) is 0 Å². The van der Waals surface area contributed by atoms with Crippen LogP contribution < -0.4 is 10.5 Å².